The Morgan fingerprint density at radius 1 is 0.966 bits per heavy atom. The van der Waals surface area contributed by atoms with Gasteiger partial charge < -0.3 is 9.67 Å². The third kappa shape index (κ3) is 5.48. The van der Waals surface area contributed by atoms with Gasteiger partial charge in [-0.15, -0.1) is 11.8 Å². The van der Waals surface area contributed by atoms with Gasteiger partial charge in [0.1, 0.15) is 5.75 Å². The number of carbonyl (C=O) groups is 1. The number of aryl methyl sites for hydroxylation is 1. The van der Waals surface area contributed by atoms with Gasteiger partial charge in [0, 0.05) is 35.0 Å². The second-order valence-corrected chi connectivity index (χ2v) is 11.1. The van der Waals surface area contributed by atoms with Crippen molar-refractivity contribution in [1.82, 2.24) is 4.57 Å². The largest absolute Gasteiger partial charge is 0.507 e. The number of aromatic hydroxyl groups is 1. The zero-order valence-electron chi connectivity index (χ0n) is 19.3. The highest BCUT2D eigenvalue weighted by Gasteiger charge is 2.28. The van der Waals surface area contributed by atoms with Crippen LogP contribution in [0, 0.1) is 0 Å². The van der Waals surface area contributed by atoms with Crippen LogP contribution in [0.4, 0.5) is 0 Å². The second kappa shape index (κ2) is 8.99. The Balaban J connectivity index is 2.58. The second-order valence-electron chi connectivity index (χ2n) is 9.80. The first-order chi connectivity index (χ1) is 13.4. The number of carbonyl (C=O) groups excluding carboxylic acids is 1. The standard InChI is InChI=1S/C25H37NO2S/c1-9-11-12-26-16-18(15-21(26)29-10-2)22(27)17-13-19(24(3,4)5)23(28)20(14-17)25(6,7)8/h13-16,28H,9-12H2,1-8H3. The molecule has 0 aliphatic heterocycles. The molecule has 0 fully saturated rings. The number of hydrogen-bond donors (Lipinski definition) is 1. The Bertz CT molecular complexity index is 831. The van der Waals surface area contributed by atoms with Crippen LogP contribution >= 0.6 is 11.8 Å². The van der Waals surface area contributed by atoms with E-state index in [1.807, 2.05) is 24.4 Å². The first-order valence-electron chi connectivity index (χ1n) is 10.7. The molecule has 0 atom stereocenters. The summed E-state index contributed by atoms with van der Waals surface area (Å²) in [6.45, 7) is 17.7. The van der Waals surface area contributed by atoms with Crippen LogP contribution in [0.25, 0.3) is 0 Å². The lowest BCUT2D eigenvalue weighted by Gasteiger charge is -2.28. The average Bonchev–Trinajstić information content (AvgIpc) is 3.00. The van der Waals surface area contributed by atoms with E-state index in [0.717, 1.165) is 46.9 Å². The van der Waals surface area contributed by atoms with Gasteiger partial charge in [0.15, 0.2) is 5.78 Å². The molecule has 29 heavy (non-hydrogen) atoms. The monoisotopic (exact) mass is 415 g/mol. The van der Waals surface area contributed by atoms with Crippen LogP contribution in [-0.4, -0.2) is 21.2 Å². The molecule has 160 valence electrons. The number of rotatable bonds is 7. The molecule has 2 rings (SSSR count). The van der Waals surface area contributed by atoms with Crippen LogP contribution in [0.1, 0.15) is 95.3 Å². The van der Waals surface area contributed by atoms with Gasteiger partial charge in [0.25, 0.3) is 0 Å². The first-order valence-corrected chi connectivity index (χ1v) is 11.6. The number of hydrogen-bond acceptors (Lipinski definition) is 3. The van der Waals surface area contributed by atoms with Crippen molar-refractivity contribution in [3.63, 3.8) is 0 Å². The molecule has 0 radical (unpaired) electrons. The molecule has 3 nitrogen and oxygen atoms in total. The van der Waals surface area contributed by atoms with Gasteiger partial charge in [0.2, 0.25) is 0 Å². The number of phenols is 1. The van der Waals surface area contributed by atoms with E-state index in [4.69, 9.17) is 0 Å². The summed E-state index contributed by atoms with van der Waals surface area (Å²) < 4.78 is 2.21. The van der Waals surface area contributed by atoms with Crippen molar-refractivity contribution < 1.29 is 9.90 Å². The van der Waals surface area contributed by atoms with Crippen molar-refractivity contribution in [3.8, 4) is 5.75 Å². The summed E-state index contributed by atoms with van der Waals surface area (Å²) in [7, 11) is 0. The Morgan fingerprint density at radius 2 is 1.52 bits per heavy atom. The molecule has 0 unspecified atom stereocenters. The minimum absolute atomic E-state index is 0.0224. The summed E-state index contributed by atoms with van der Waals surface area (Å²) in [6.07, 6.45) is 4.22. The Morgan fingerprint density at radius 3 is 1.97 bits per heavy atom. The summed E-state index contributed by atoms with van der Waals surface area (Å²) in [6, 6.07) is 5.78. The lowest BCUT2D eigenvalue weighted by molar-refractivity contribution is 0.103. The van der Waals surface area contributed by atoms with Crippen LogP contribution in [0.15, 0.2) is 29.4 Å². The van der Waals surface area contributed by atoms with Crippen molar-refractivity contribution in [2.45, 2.75) is 90.6 Å². The quantitative estimate of drug-likeness (QED) is 0.394. The molecule has 1 heterocycles. The Kier molecular flexibility index (Phi) is 7.32. The molecule has 1 aromatic heterocycles. The molecule has 4 heteroatoms. The van der Waals surface area contributed by atoms with Crippen LogP contribution < -0.4 is 0 Å². The highest BCUT2D eigenvalue weighted by molar-refractivity contribution is 7.99. The molecule has 0 saturated heterocycles. The molecular formula is C25H37NO2S. The van der Waals surface area contributed by atoms with Gasteiger partial charge in [-0.1, -0.05) is 61.8 Å². The normalized spacial score (nSPS) is 12.4. The fraction of sp³-hybridized carbons (Fsp3) is 0.560. The topological polar surface area (TPSA) is 42.2 Å². The smallest absolute Gasteiger partial charge is 0.194 e. The summed E-state index contributed by atoms with van der Waals surface area (Å²) in [5.74, 6) is 1.31. The maximum atomic E-state index is 13.5. The molecule has 0 bridgehead atoms. The van der Waals surface area contributed by atoms with E-state index in [-0.39, 0.29) is 16.6 Å². The first kappa shape index (κ1) is 23.6. The van der Waals surface area contributed by atoms with E-state index in [1.54, 1.807) is 11.8 Å². The highest BCUT2D eigenvalue weighted by Crippen LogP contribution is 2.40. The number of nitrogens with zero attached hydrogens (tertiary/aromatic N) is 1. The molecular weight excluding hydrogens is 378 g/mol. The zero-order chi connectivity index (χ0) is 22.0. The lowest BCUT2D eigenvalue weighted by atomic mass is 9.78. The molecule has 0 spiro atoms. The fourth-order valence-electron chi connectivity index (χ4n) is 3.46. The minimum atomic E-state index is -0.253. The van der Waals surface area contributed by atoms with Gasteiger partial charge in [0.05, 0.1) is 5.03 Å². The fourth-order valence-corrected chi connectivity index (χ4v) is 4.28. The molecule has 1 aromatic carbocycles. The number of unbranched alkanes of at least 4 members (excludes halogenated alkanes) is 1. The van der Waals surface area contributed by atoms with Crippen molar-refractivity contribution in [1.29, 1.82) is 0 Å². The Labute approximate surface area is 180 Å². The number of thioether (sulfide) groups is 1. The third-order valence-corrected chi connectivity index (χ3v) is 6.09. The summed E-state index contributed by atoms with van der Waals surface area (Å²) >= 11 is 1.77. The highest BCUT2D eigenvalue weighted by atomic mass is 32.2. The Hall–Kier alpha value is -1.68. The number of phenolic OH excluding ortho intramolecular Hbond substituents is 1. The van der Waals surface area contributed by atoms with Gasteiger partial charge in [-0.2, -0.15) is 0 Å². The zero-order valence-corrected chi connectivity index (χ0v) is 20.2. The summed E-state index contributed by atoms with van der Waals surface area (Å²) in [4.78, 5) is 13.5. The number of aromatic nitrogens is 1. The average molecular weight is 416 g/mol. The maximum absolute atomic E-state index is 13.5. The van der Waals surface area contributed by atoms with Crippen molar-refractivity contribution >= 4 is 17.5 Å². The predicted octanol–water partition coefficient (Wildman–Crippen LogP) is 6.93. The lowest BCUT2D eigenvalue weighted by Crippen LogP contribution is -2.19. The van der Waals surface area contributed by atoms with Crippen molar-refractivity contribution in [3.05, 3.63) is 46.6 Å². The van der Waals surface area contributed by atoms with E-state index in [2.05, 4.69) is 60.0 Å². The van der Waals surface area contributed by atoms with E-state index < -0.39 is 0 Å². The number of ketones is 1. The van der Waals surface area contributed by atoms with Gasteiger partial charge in [-0.05, 0) is 41.2 Å². The predicted molar refractivity (Wildman–Crippen MR) is 125 cm³/mol. The van der Waals surface area contributed by atoms with Crippen LogP contribution in [-0.2, 0) is 17.4 Å². The van der Waals surface area contributed by atoms with Crippen molar-refractivity contribution in [2.75, 3.05) is 5.75 Å². The number of benzene rings is 1. The summed E-state index contributed by atoms with van der Waals surface area (Å²) in [5.41, 5.74) is 2.51. The molecule has 0 amide bonds. The van der Waals surface area contributed by atoms with Gasteiger partial charge in [-0.25, -0.2) is 0 Å². The van der Waals surface area contributed by atoms with E-state index >= 15 is 0 Å². The van der Waals surface area contributed by atoms with E-state index in [1.165, 1.54) is 0 Å². The third-order valence-electron chi connectivity index (χ3n) is 5.15. The maximum Gasteiger partial charge on any atom is 0.194 e. The van der Waals surface area contributed by atoms with Crippen LogP contribution in [0.3, 0.4) is 0 Å². The minimum Gasteiger partial charge on any atom is -0.507 e. The van der Waals surface area contributed by atoms with E-state index in [0.29, 0.717) is 11.3 Å². The van der Waals surface area contributed by atoms with E-state index in [9.17, 15) is 9.90 Å². The van der Waals surface area contributed by atoms with Crippen LogP contribution in [0.5, 0.6) is 5.75 Å². The van der Waals surface area contributed by atoms with Crippen LogP contribution in [0.2, 0.25) is 0 Å². The molecule has 0 aliphatic carbocycles. The molecule has 1 N–H and O–H groups in total. The summed E-state index contributed by atoms with van der Waals surface area (Å²) in [5, 5.41) is 12.1. The van der Waals surface area contributed by atoms with Gasteiger partial charge >= 0.3 is 0 Å². The SMILES string of the molecule is CCCCn1cc(C(=O)c2cc(C(C)(C)C)c(O)c(C(C)(C)C)c2)cc1SCC. The van der Waals surface area contributed by atoms with Crippen molar-refractivity contribution in [2.24, 2.45) is 0 Å². The molecule has 0 saturated carbocycles. The molecule has 2 aromatic rings. The molecule has 0 aliphatic rings. The van der Waals surface area contributed by atoms with Gasteiger partial charge in [-0.3, -0.25) is 4.79 Å².